The second-order valence-electron chi connectivity index (χ2n) is 4.18. The van der Waals surface area contributed by atoms with E-state index in [0.29, 0.717) is 22.9 Å². The lowest BCUT2D eigenvalue weighted by molar-refractivity contribution is -0.137. The first-order chi connectivity index (χ1) is 9.54. The lowest BCUT2D eigenvalue weighted by Crippen LogP contribution is -2.04. The van der Waals surface area contributed by atoms with Crippen LogP contribution in [0.4, 0.5) is 13.2 Å². The van der Waals surface area contributed by atoms with Gasteiger partial charge in [-0.15, -0.1) is 0 Å². The molecule has 0 aliphatic rings. The third-order valence-corrected chi connectivity index (χ3v) is 2.81. The SMILES string of the molecule is FC(F)(F)c1cccc(-c2ccc(-c3ncc[nH]3)o2)c1. The molecule has 6 heteroatoms. The van der Waals surface area contributed by atoms with E-state index in [1.807, 2.05) is 0 Å². The van der Waals surface area contributed by atoms with Gasteiger partial charge < -0.3 is 9.40 Å². The molecule has 0 fully saturated rings. The highest BCUT2D eigenvalue weighted by Crippen LogP contribution is 2.33. The number of imidazole rings is 1. The van der Waals surface area contributed by atoms with E-state index < -0.39 is 11.7 Å². The highest BCUT2D eigenvalue weighted by atomic mass is 19.4. The summed E-state index contributed by atoms with van der Waals surface area (Å²) >= 11 is 0. The first kappa shape index (κ1) is 12.5. The number of H-pyrrole nitrogens is 1. The molecule has 102 valence electrons. The first-order valence-electron chi connectivity index (χ1n) is 5.81. The molecule has 0 atom stereocenters. The number of halogens is 3. The Morgan fingerprint density at radius 3 is 2.55 bits per heavy atom. The Labute approximate surface area is 112 Å². The molecule has 0 amide bonds. The number of nitrogens with zero attached hydrogens (tertiary/aromatic N) is 1. The van der Waals surface area contributed by atoms with Crippen LogP contribution < -0.4 is 0 Å². The van der Waals surface area contributed by atoms with Gasteiger partial charge in [0.25, 0.3) is 0 Å². The Morgan fingerprint density at radius 2 is 1.85 bits per heavy atom. The number of benzene rings is 1. The molecule has 3 rings (SSSR count). The van der Waals surface area contributed by atoms with Crippen LogP contribution in [0.2, 0.25) is 0 Å². The average molecular weight is 278 g/mol. The quantitative estimate of drug-likeness (QED) is 0.757. The maximum Gasteiger partial charge on any atom is 0.416 e. The van der Waals surface area contributed by atoms with Crippen LogP contribution in [-0.4, -0.2) is 9.97 Å². The van der Waals surface area contributed by atoms with Crippen molar-refractivity contribution in [3.63, 3.8) is 0 Å². The van der Waals surface area contributed by atoms with Gasteiger partial charge in [-0.25, -0.2) is 4.98 Å². The van der Waals surface area contributed by atoms with Gasteiger partial charge in [-0.1, -0.05) is 12.1 Å². The predicted octanol–water partition coefficient (Wildman–Crippen LogP) is 4.36. The zero-order valence-electron chi connectivity index (χ0n) is 10.1. The van der Waals surface area contributed by atoms with Crippen molar-refractivity contribution in [3.05, 3.63) is 54.4 Å². The van der Waals surface area contributed by atoms with Crippen molar-refractivity contribution >= 4 is 0 Å². The Bertz CT molecular complexity index is 714. The van der Waals surface area contributed by atoms with Crippen LogP contribution >= 0.6 is 0 Å². The third-order valence-electron chi connectivity index (χ3n) is 2.81. The molecule has 0 aliphatic heterocycles. The van der Waals surface area contributed by atoms with Crippen LogP contribution in [0.15, 0.2) is 53.2 Å². The first-order valence-corrected chi connectivity index (χ1v) is 5.81. The van der Waals surface area contributed by atoms with Gasteiger partial charge in [0.2, 0.25) is 0 Å². The van der Waals surface area contributed by atoms with Crippen LogP contribution in [-0.2, 0) is 6.18 Å². The van der Waals surface area contributed by atoms with Gasteiger partial charge in [0.15, 0.2) is 11.6 Å². The summed E-state index contributed by atoms with van der Waals surface area (Å²) in [6.07, 6.45) is -1.16. The fourth-order valence-electron chi connectivity index (χ4n) is 1.87. The number of furan rings is 1. The van der Waals surface area contributed by atoms with Gasteiger partial charge in [-0.3, -0.25) is 0 Å². The molecule has 0 bridgehead atoms. The molecule has 0 unspecified atom stereocenters. The van der Waals surface area contributed by atoms with E-state index >= 15 is 0 Å². The second-order valence-corrected chi connectivity index (χ2v) is 4.18. The van der Waals surface area contributed by atoms with Crippen molar-refractivity contribution in [2.75, 3.05) is 0 Å². The summed E-state index contributed by atoms with van der Waals surface area (Å²) in [6, 6.07) is 8.29. The van der Waals surface area contributed by atoms with Crippen LogP contribution in [0.3, 0.4) is 0 Å². The van der Waals surface area contributed by atoms with Crippen LogP contribution in [0.25, 0.3) is 22.9 Å². The molecule has 3 nitrogen and oxygen atoms in total. The van der Waals surface area contributed by atoms with Crippen molar-refractivity contribution in [1.29, 1.82) is 0 Å². The summed E-state index contributed by atoms with van der Waals surface area (Å²) in [5.41, 5.74) is -0.330. The summed E-state index contributed by atoms with van der Waals surface area (Å²) in [4.78, 5) is 6.89. The van der Waals surface area contributed by atoms with E-state index in [1.165, 1.54) is 6.07 Å². The van der Waals surface area contributed by atoms with Gasteiger partial charge >= 0.3 is 6.18 Å². The molecule has 0 aliphatic carbocycles. The summed E-state index contributed by atoms with van der Waals surface area (Å²) in [7, 11) is 0. The van der Waals surface area contributed by atoms with Crippen molar-refractivity contribution < 1.29 is 17.6 Å². The number of alkyl halides is 3. The summed E-state index contributed by atoms with van der Waals surface area (Å²) < 4.78 is 43.5. The number of nitrogens with one attached hydrogen (secondary N) is 1. The topological polar surface area (TPSA) is 41.8 Å². The Morgan fingerprint density at radius 1 is 1.05 bits per heavy atom. The summed E-state index contributed by atoms with van der Waals surface area (Å²) in [5.74, 6) is 1.37. The van der Waals surface area contributed by atoms with Gasteiger partial charge in [-0.05, 0) is 24.3 Å². The van der Waals surface area contributed by atoms with E-state index in [-0.39, 0.29) is 0 Å². The largest absolute Gasteiger partial charge is 0.453 e. The minimum atomic E-state index is -4.37. The molecule has 1 aromatic carbocycles. The smallest absolute Gasteiger partial charge is 0.416 e. The van der Waals surface area contributed by atoms with Crippen LogP contribution in [0.1, 0.15) is 5.56 Å². The third kappa shape index (κ3) is 2.32. The van der Waals surface area contributed by atoms with E-state index in [2.05, 4.69) is 9.97 Å². The number of rotatable bonds is 2. The van der Waals surface area contributed by atoms with E-state index in [1.54, 1.807) is 30.6 Å². The molecule has 2 aromatic heterocycles. The predicted molar refractivity (Wildman–Crippen MR) is 66.7 cm³/mol. The highest BCUT2D eigenvalue weighted by Gasteiger charge is 2.30. The lowest BCUT2D eigenvalue weighted by Gasteiger charge is -2.07. The van der Waals surface area contributed by atoms with Crippen molar-refractivity contribution in [1.82, 2.24) is 9.97 Å². The van der Waals surface area contributed by atoms with Crippen LogP contribution in [0, 0.1) is 0 Å². The van der Waals surface area contributed by atoms with Crippen LogP contribution in [0.5, 0.6) is 0 Å². The molecule has 3 aromatic rings. The monoisotopic (exact) mass is 278 g/mol. The molecule has 1 N–H and O–H groups in total. The summed E-state index contributed by atoms with van der Waals surface area (Å²) in [5, 5.41) is 0. The Kier molecular flexibility index (Phi) is 2.85. The molecule has 2 heterocycles. The Hall–Kier alpha value is -2.50. The maximum absolute atomic E-state index is 12.7. The maximum atomic E-state index is 12.7. The zero-order valence-corrected chi connectivity index (χ0v) is 10.1. The Balaban J connectivity index is 1.98. The van der Waals surface area contributed by atoms with Crippen molar-refractivity contribution in [2.45, 2.75) is 6.18 Å². The molecule has 0 saturated heterocycles. The minimum absolute atomic E-state index is 0.363. The standard InChI is InChI=1S/C14H9F3N2O/c15-14(16,17)10-3-1-2-9(8-10)11-4-5-12(20-11)13-18-6-7-19-13/h1-8H,(H,18,19). The highest BCUT2D eigenvalue weighted by molar-refractivity contribution is 5.62. The molecule has 0 radical (unpaired) electrons. The molecule has 20 heavy (non-hydrogen) atoms. The normalized spacial score (nSPS) is 11.8. The number of hydrogen-bond acceptors (Lipinski definition) is 2. The molecular formula is C14H9F3N2O. The zero-order chi connectivity index (χ0) is 14.2. The number of aromatic nitrogens is 2. The molecule has 0 spiro atoms. The molecular weight excluding hydrogens is 269 g/mol. The van der Waals surface area contributed by atoms with Gasteiger partial charge in [0.05, 0.1) is 5.56 Å². The fourth-order valence-corrected chi connectivity index (χ4v) is 1.87. The fraction of sp³-hybridized carbons (Fsp3) is 0.0714. The minimum Gasteiger partial charge on any atom is -0.453 e. The van der Waals surface area contributed by atoms with Crippen molar-refractivity contribution in [2.24, 2.45) is 0 Å². The lowest BCUT2D eigenvalue weighted by atomic mass is 10.1. The molecule has 0 saturated carbocycles. The summed E-state index contributed by atoms with van der Waals surface area (Å²) in [6.45, 7) is 0. The van der Waals surface area contributed by atoms with E-state index in [9.17, 15) is 13.2 Å². The van der Waals surface area contributed by atoms with Gasteiger partial charge in [-0.2, -0.15) is 13.2 Å². The van der Waals surface area contributed by atoms with Gasteiger partial charge in [0, 0.05) is 18.0 Å². The van der Waals surface area contributed by atoms with E-state index in [4.69, 9.17) is 4.42 Å². The van der Waals surface area contributed by atoms with E-state index in [0.717, 1.165) is 12.1 Å². The van der Waals surface area contributed by atoms with Crippen molar-refractivity contribution in [3.8, 4) is 22.9 Å². The second kappa shape index (κ2) is 4.56. The van der Waals surface area contributed by atoms with Gasteiger partial charge in [0.1, 0.15) is 5.76 Å². The number of aromatic amines is 1. The average Bonchev–Trinajstić information content (AvgIpc) is 3.09. The number of hydrogen-bond donors (Lipinski definition) is 1.